The standard InChI is InChI=1S/C29H28N4O3/c1-36-27(34)16-17-31-29(35)24-14-15-26-25(19-24)32-28(23-12-10-22(20-30)11-13-23)33(26)18-6-5-9-21-7-3-2-4-8-21/h2-4,7-8,10-15,19H,5-6,9,16-18H2,1H3,(H,31,35). The van der Waals surface area contributed by atoms with Gasteiger partial charge < -0.3 is 14.6 Å². The van der Waals surface area contributed by atoms with Gasteiger partial charge in [-0.15, -0.1) is 0 Å². The Hall–Kier alpha value is -4.44. The lowest BCUT2D eigenvalue weighted by Gasteiger charge is -2.10. The van der Waals surface area contributed by atoms with E-state index in [1.807, 2.05) is 24.3 Å². The molecule has 0 fully saturated rings. The number of rotatable bonds is 10. The highest BCUT2D eigenvalue weighted by Crippen LogP contribution is 2.27. The van der Waals surface area contributed by atoms with Crippen LogP contribution in [0.3, 0.4) is 0 Å². The van der Waals surface area contributed by atoms with Crippen LogP contribution >= 0.6 is 0 Å². The highest BCUT2D eigenvalue weighted by Gasteiger charge is 2.15. The Labute approximate surface area is 210 Å². The van der Waals surface area contributed by atoms with E-state index in [2.05, 4.69) is 45.0 Å². The molecule has 0 radical (unpaired) electrons. The van der Waals surface area contributed by atoms with Crippen molar-refractivity contribution in [1.82, 2.24) is 14.9 Å². The van der Waals surface area contributed by atoms with Crippen LogP contribution in [0.5, 0.6) is 0 Å². The van der Waals surface area contributed by atoms with Gasteiger partial charge in [0.25, 0.3) is 5.91 Å². The van der Waals surface area contributed by atoms with Crippen molar-refractivity contribution in [3.05, 3.63) is 89.5 Å². The average molecular weight is 481 g/mol. The molecule has 0 bridgehead atoms. The second-order valence-electron chi connectivity index (χ2n) is 8.50. The summed E-state index contributed by atoms with van der Waals surface area (Å²) in [6, 6.07) is 25.4. The fourth-order valence-electron chi connectivity index (χ4n) is 4.14. The molecule has 1 aromatic heterocycles. The number of hydrogen-bond donors (Lipinski definition) is 1. The van der Waals surface area contributed by atoms with Gasteiger partial charge in [-0.3, -0.25) is 9.59 Å². The van der Waals surface area contributed by atoms with Gasteiger partial charge in [0.05, 0.1) is 36.2 Å². The van der Waals surface area contributed by atoms with E-state index in [0.29, 0.717) is 11.1 Å². The number of carbonyl (C=O) groups is 2. The first-order valence-corrected chi connectivity index (χ1v) is 12.0. The van der Waals surface area contributed by atoms with Crippen molar-refractivity contribution in [3.8, 4) is 17.5 Å². The number of nitriles is 1. The van der Waals surface area contributed by atoms with Crippen LogP contribution < -0.4 is 5.32 Å². The molecule has 36 heavy (non-hydrogen) atoms. The zero-order valence-corrected chi connectivity index (χ0v) is 20.2. The number of esters is 1. The molecule has 182 valence electrons. The van der Waals surface area contributed by atoms with Crippen LogP contribution in [0.4, 0.5) is 0 Å². The van der Waals surface area contributed by atoms with Crippen LogP contribution in [0.15, 0.2) is 72.8 Å². The molecule has 1 heterocycles. The maximum absolute atomic E-state index is 12.6. The Bertz CT molecular complexity index is 1390. The van der Waals surface area contributed by atoms with Crippen molar-refractivity contribution < 1.29 is 14.3 Å². The highest BCUT2D eigenvalue weighted by atomic mass is 16.5. The number of ether oxygens (including phenoxy) is 1. The number of carbonyl (C=O) groups excluding carboxylic acids is 2. The number of methoxy groups -OCH3 is 1. The van der Waals surface area contributed by atoms with E-state index in [9.17, 15) is 9.59 Å². The number of nitrogens with one attached hydrogen (secondary N) is 1. The zero-order valence-electron chi connectivity index (χ0n) is 20.2. The first kappa shape index (κ1) is 24.7. The SMILES string of the molecule is COC(=O)CCNC(=O)c1ccc2c(c1)nc(-c1ccc(C#N)cc1)n2CCCCc1ccccc1. The quantitative estimate of drug-likeness (QED) is 0.257. The molecule has 0 unspecified atom stereocenters. The fraction of sp³-hybridized carbons (Fsp3) is 0.241. The highest BCUT2D eigenvalue weighted by molar-refractivity contribution is 5.98. The molecule has 0 atom stereocenters. The van der Waals surface area contributed by atoms with Crippen LogP contribution in [0.1, 0.15) is 40.7 Å². The van der Waals surface area contributed by atoms with Crippen LogP contribution in [0.25, 0.3) is 22.4 Å². The Morgan fingerprint density at radius 2 is 1.81 bits per heavy atom. The fourth-order valence-corrected chi connectivity index (χ4v) is 4.14. The van der Waals surface area contributed by atoms with E-state index >= 15 is 0 Å². The second kappa shape index (κ2) is 11.8. The molecule has 4 rings (SSSR count). The number of amides is 1. The summed E-state index contributed by atoms with van der Waals surface area (Å²) in [4.78, 5) is 28.8. The molecule has 0 aliphatic heterocycles. The third-order valence-corrected chi connectivity index (χ3v) is 6.06. The number of imidazole rings is 1. The summed E-state index contributed by atoms with van der Waals surface area (Å²) >= 11 is 0. The van der Waals surface area contributed by atoms with Crippen molar-refractivity contribution in [3.63, 3.8) is 0 Å². The summed E-state index contributed by atoms with van der Waals surface area (Å²) in [5.41, 5.74) is 4.97. The van der Waals surface area contributed by atoms with E-state index < -0.39 is 0 Å². The first-order chi connectivity index (χ1) is 17.6. The van der Waals surface area contributed by atoms with Crippen molar-refractivity contribution in [2.45, 2.75) is 32.2 Å². The molecular weight excluding hydrogens is 452 g/mol. The average Bonchev–Trinajstić information content (AvgIpc) is 3.29. The molecule has 0 spiro atoms. The van der Waals surface area contributed by atoms with Crippen LogP contribution in [-0.4, -0.2) is 35.1 Å². The topological polar surface area (TPSA) is 97.0 Å². The van der Waals surface area contributed by atoms with Gasteiger partial charge in [-0.25, -0.2) is 4.98 Å². The van der Waals surface area contributed by atoms with Crippen molar-refractivity contribution in [2.75, 3.05) is 13.7 Å². The maximum Gasteiger partial charge on any atom is 0.307 e. The van der Waals surface area contributed by atoms with Gasteiger partial charge in [-0.2, -0.15) is 5.26 Å². The Kier molecular flexibility index (Phi) is 8.09. The van der Waals surface area contributed by atoms with Crippen LogP contribution in [-0.2, 0) is 22.5 Å². The predicted octanol–water partition coefficient (Wildman–Crippen LogP) is 4.89. The molecule has 0 saturated heterocycles. The third-order valence-electron chi connectivity index (χ3n) is 6.06. The molecule has 0 aliphatic rings. The zero-order chi connectivity index (χ0) is 25.3. The Morgan fingerprint density at radius 3 is 2.53 bits per heavy atom. The number of fused-ring (bicyclic) bond motifs is 1. The summed E-state index contributed by atoms with van der Waals surface area (Å²) < 4.78 is 6.79. The molecule has 3 aromatic carbocycles. The third kappa shape index (κ3) is 5.97. The van der Waals surface area contributed by atoms with Crippen molar-refractivity contribution >= 4 is 22.9 Å². The monoisotopic (exact) mass is 480 g/mol. The molecule has 1 amide bonds. The number of hydrogen-bond acceptors (Lipinski definition) is 5. The lowest BCUT2D eigenvalue weighted by Crippen LogP contribution is -2.26. The smallest absolute Gasteiger partial charge is 0.307 e. The van der Waals surface area contributed by atoms with E-state index in [1.54, 1.807) is 24.3 Å². The summed E-state index contributed by atoms with van der Waals surface area (Å²) in [6.45, 7) is 0.985. The second-order valence-corrected chi connectivity index (χ2v) is 8.50. The van der Waals surface area contributed by atoms with E-state index in [1.165, 1.54) is 12.7 Å². The molecule has 1 N–H and O–H groups in total. The van der Waals surface area contributed by atoms with Crippen LogP contribution in [0.2, 0.25) is 0 Å². The Balaban J connectivity index is 1.56. The predicted molar refractivity (Wildman–Crippen MR) is 138 cm³/mol. The van der Waals surface area contributed by atoms with Gasteiger partial charge in [-0.1, -0.05) is 30.3 Å². The number of unbranched alkanes of at least 4 members (excludes halogenated alkanes) is 1. The molecule has 7 nitrogen and oxygen atoms in total. The van der Waals surface area contributed by atoms with Gasteiger partial charge in [0.2, 0.25) is 0 Å². The van der Waals surface area contributed by atoms with Crippen LogP contribution in [0, 0.1) is 11.3 Å². The van der Waals surface area contributed by atoms with Crippen molar-refractivity contribution in [1.29, 1.82) is 5.26 Å². The summed E-state index contributed by atoms with van der Waals surface area (Å²) in [7, 11) is 1.32. The van der Waals surface area contributed by atoms with Gasteiger partial charge in [0.1, 0.15) is 5.82 Å². The number of aryl methyl sites for hydroxylation is 2. The minimum Gasteiger partial charge on any atom is -0.469 e. The van der Waals surface area contributed by atoms with Crippen molar-refractivity contribution in [2.24, 2.45) is 0 Å². The molecule has 4 aromatic rings. The minimum atomic E-state index is -0.371. The van der Waals surface area contributed by atoms with E-state index in [0.717, 1.165) is 48.2 Å². The summed E-state index contributed by atoms with van der Waals surface area (Å²) in [5.74, 6) is 0.166. The number of benzene rings is 3. The Morgan fingerprint density at radius 1 is 1.03 bits per heavy atom. The normalized spacial score (nSPS) is 10.7. The largest absolute Gasteiger partial charge is 0.469 e. The summed E-state index contributed by atoms with van der Waals surface area (Å²) in [6.07, 6.45) is 3.14. The molecular formula is C29H28N4O3. The van der Waals surface area contributed by atoms with Gasteiger partial charge in [0.15, 0.2) is 0 Å². The van der Waals surface area contributed by atoms with Gasteiger partial charge in [0, 0.05) is 24.2 Å². The molecule has 7 heteroatoms. The lowest BCUT2D eigenvalue weighted by molar-refractivity contribution is -0.140. The van der Waals surface area contributed by atoms with E-state index in [4.69, 9.17) is 10.2 Å². The minimum absolute atomic E-state index is 0.116. The lowest BCUT2D eigenvalue weighted by atomic mass is 10.1. The molecule has 0 aliphatic carbocycles. The number of nitrogens with zero attached hydrogens (tertiary/aromatic N) is 3. The van der Waals surface area contributed by atoms with Gasteiger partial charge >= 0.3 is 5.97 Å². The number of aromatic nitrogens is 2. The summed E-state index contributed by atoms with van der Waals surface area (Å²) in [5, 5.41) is 11.9. The molecule has 0 saturated carbocycles. The maximum atomic E-state index is 12.6. The van der Waals surface area contributed by atoms with Gasteiger partial charge in [-0.05, 0) is 67.3 Å². The first-order valence-electron chi connectivity index (χ1n) is 12.0. The van der Waals surface area contributed by atoms with E-state index in [-0.39, 0.29) is 24.8 Å².